The molecule has 8 rings (SSSR count). The molecule has 0 saturated heterocycles. The zero-order valence-electron chi connectivity index (χ0n) is 17.8. The van der Waals surface area contributed by atoms with Crippen molar-refractivity contribution in [3.05, 3.63) is 129 Å². The fourth-order valence-corrected chi connectivity index (χ4v) is 7.17. The summed E-state index contributed by atoms with van der Waals surface area (Å²) in [5.41, 5.74) is 14.1. The maximum absolute atomic E-state index is 4.47. The van der Waals surface area contributed by atoms with E-state index in [0.717, 1.165) is 19.4 Å². The Kier molecular flexibility index (Phi) is 2.93. The molecule has 1 aromatic heterocycles. The summed E-state index contributed by atoms with van der Waals surface area (Å²) in [5, 5.41) is 6.59. The molecule has 0 amide bonds. The Labute approximate surface area is 187 Å². The van der Waals surface area contributed by atoms with E-state index in [2.05, 4.69) is 100 Å². The van der Waals surface area contributed by atoms with Gasteiger partial charge in [-0.05, 0) is 52.3 Å². The second-order valence-corrected chi connectivity index (χ2v) is 9.52. The molecule has 0 saturated carbocycles. The molecule has 3 heteroatoms. The topological polar surface area (TPSA) is 19.5 Å². The van der Waals surface area contributed by atoms with E-state index < -0.39 is 0 Å². The lowest BCUT2D eigenvalue weighted by molar-refractivity contribution is -0.750. The van der Waals surface area contributed by atoms with Gasteiger partial charge in [0.05, 0.1) is 17.2 Å². The summed E-state index contributed by atoms with van der Waals surface area (Å²) < 4.78 is 2.57. The van der Waals surface area contributed by atoms with E-state index in [0.29, 0.717) is 0 Å². The average Bonchev–Trinajstić information content (AvgIpc) is 3.19. The van der Waals surface area contributed by atoms with Gasteiger partial charge in [0.1, 0.15) is 6.54 Å². The fourth-order valence-electron chi connectivity index (χ4n) is 7.17. The molecule has 2 unspecified atom stereocenters. The molecule has 4 aliphatic rings. The number of anilines is 1. The second kappa shape index (κ2) is 5.55. The molecule has 0 fully saturated rings. The normalized spacial score (nSPS) is 22.5. The molecule has 3 heterocycles. The number of fused-ring (bicyclic) bond motifs is 4. The Morgan fingerprint density at radius 3 is 2.53 bits per heavy atom. The van der Waals surface area contributed by atoms with E-state index in [1.165, 1.54) is 50.3 Å². The quantitative estimate of drug-likeness (QED) is 0.293. The average molecular weight is 413 g/mol. The molecule has 1 spiro atoms. The largest absolute Gasteiger partial charge is 0.258 e. The lowest BCUT2D eigenvalue weighted by Gasteiger charge is -2.43. The van der Waals surface area contributed by atoms with Gasteiger partial charge in [-0.15, -0.1) is 0 Å². The molecule has 4 aromatic rings. The Morgan fingerprint density at radius 2 is 1.59 bits per heavy atom. The first-order valence-electron chi connectivity index (χ1n) is 11.4. The SMILES string of the molecule is C=NN1CC23c4c(cccc41)Cc1ccc4c(c12)C(c1ccccc1C4)c1cccc[n+]13. The van der Waals surface area contributed by atoms with Gasteiger partial charge in [-0.3, -0.25) is 5.01 Å². The Morgan fingerprint density at radius 1 is 0.812 bits per heavy atom. The van der Waals surface area contributed by atoms with Gasteiger partial charge in [-0.25, -0.2) is 0 Å². The van der Waals surface area contributed by atoms with Crippen LogP contribution in [0.2, 0.25) is 0 Å². The molecule has 32 heavy (non-hydrogen) atoms. The first-order valence-corrected chi connectivity index (χ1v) is 11.4. The molecular formula is C29H22N3+. The van der Waals surface area contributed by atoms with Gasteiger partial charge >= 0.3 is 0 Å². The molecule has 0 bridgehead atoms. The molecule has 152 valence electrons. The molecule has 2 aliphatic carbocycles. The molecule has 2 aliphatic heterocycles. The summed E-state index contributed by atoms with van der Waals surface area (Å²) in [6, 6.07) is 27.2. The first-order chi connectivity index (χ1) is 15.8. The third kappa shape index (κ3) is 1.74. The van der Waals surface area contributed by atoms with Crippen LogP contribution >= 0.6 is 0 Å². The molecule has 0 radical (unpaired) electrons. The van der Waals surface area contributed by atoms with E-state index in [4.69, 9.17) is 0 Å². The van der Waals surface area contributed by atoms with Crippen LogP contribution in [0.1, 0.15) is 56.1 Å². The van der Waals surface area contributed by atoms with Gasteiger partial charge < -0.3 is 0 Å². The minimum absolute atomic E-state index is 0.259. The highest BCUT2D eigenvalue weighted by atomic mass is 15.5. The molecular weight excluding hydrogens is 390 g/mol. The number of aromatic nitrogens is 1. The first kappa shape index (κ1) is 16.9. The maximum atomic E-state index is 4.47. The van der Waals surface area contributed by atoms with E-state index >= 15 is 0 Å². The lowest BCUT2D eigenvalue weighted by Crippen LogP contribution is -2.66. The van der Waals surface area contributed by atoms with Crippen LogP contribution in [0.3, 0.4) is 0 Å². The van der Waals surface area contributed by atoms with Gasteiger partial charge in [0.15, 0.2) is 11.9 Å². The zero-order valence-corrected chi connectivity index (χ0v) is 17.8. The van der Waals surface area contributed by atoms with E-state index in [1.54, 1.807) is 5.56 Å². The maximum Gasteiger partial charge on any atom is 0.240 e. The monoisotopic (exact) mass is 412 g/mol. The van der Waals surface area contributed by atoms with Gasteiger partial charge in [0.25, 0.3) is 0 Å². The summed E-state index contributed by atoms with van der Waals surface area (Å²) in [6.07, 6.45) is 4.29. The number of pyridine rings is 1. The van der Waals surface area contributed by atoms with Crippen molar-refractivity contribution in [3.63, 3.8) is 0 Å². The molecule has 3 nitrogen and oxygen atoms in total. The zero-order chi connectivity index (χ0) is 21.0. The van der Waals surface area contributed by atoms with Crippen molar-refractivity contribution in [2.45, 2.75) is 24.3 Å². The van der Waals surface area contributed by atoms with E-state index in [1.807, 2.05) is 0 Å². The summed E-state index contributed by atoms with van der Waals surface area (Å²) in [7, 11) is 0. The number of rotatable bonds is 1. The van der Waals surface area contributed by atoms with Crippen molar-refractivity contribution >= 4 is 12.4 Å². The van der Waals surface area contributed by atoms with Crippen LogP contribution < -0.4 is 9.58 Å². The molecule has 3 aromatic carbocycles. The second-order valence-electron chi connectivity index (χ2n) is 9.52. The lowest BCUT2D eigenvalue weighted by atomic mass is 9.62. The Balaban J connectivity index is 1.57. The van der Waals surface area contributed by atoms with Crippen LogP contribution in [0.25, 0.3) is 0 Å². The highest BCUT2D eigenvalue weighted by Gasteiger charge is 2.62. The fraction of sp³-hybridized carbons (Fsp3) is 0.172. The predicted octanol–water partition coefficient (Wildman–Crippen LogP) is 4.50. The third-order valence-corrected chi connectivity index (χ3v) is 8.22. The van der Waals surface area contributed by atoms with Gasteiger partial charge in [0, 0.05) is 24.4 Å². The van der Waals surface area contributed by atoms with Crippen molar-refractivity contribution in [3.8, 4) is 0 Å². The Hall–Kier alpha value is -3.72. The van der Waals surface area contributed by atoms with E-state index in [9.17, 15) is 0 Å². The van der Waals surface area contributed by atoms with Crippen molar-refractivity contribution in [2.24, 2.45) is 5.10 Å². The van der Waals surface area contributed by atoms with Crippen LogP contribution in [0, 0.1) is 0 Å². The predicted molar refractivity (Wildman–Crippen MR) is 126 cm³/mol. The summed E-state index contributed by atoms with van der Waals surface area (Å²) in [4.78, 5) is 0. The number of hydrazone groups is 1. The van der Waals surface area contributed by atoms with Gasteiger partial charge in [0.2, 0.25) is 5.54 Å². The number of benzene rings is 3. The van der Waals surface area contributed by atoms with Crippen LogP contribution in [-0.2, 0) is 18.4 Å². The van der Waals surface area contributed by atoms with Crippen molar-refractivity contribution < 1.29 is 4.57 Å². The minimum Gasteiger partial charge on any atom is -0.258 e. The van der Waals surface area contributed by atoms with Crippen LogP contribution in [0.5, 0.6) is 0 Å². The number of hydrogen-bond acceptors (Lipinski definition) is 2. The number of nitrogens with zero attached hydrogens (tertiary/aromatic N) is 3. The van der Waals surface area contributed by atoms with Crippen LogP contribution in [0.15, 0.2) is 84.1 Å². The standard InChI is InChI=1S/C29H22N3/c1-30-32-17-29-27-20(8-6-11-24(27)32)16-21-13-12-19-15-18-7-2-3-9-22(18)26(25(19)28(21)29)23-10-4-5-14-31(23)29/h2-14,26H,1,15-17H2/q+1. The highest BCUT2D eigenvalue weighted by Crippen LogP contribution is 2.57. The van der Waals surface area contributed by atoms with Gasteiger partial charge in [-0.1, -0.05) is 54.6 Å². The smallest absolute Gasteiger partial charge is 0.240 e. The third-order valence-electron chi connectivity index (χ3n) is 8.22. The van der Waals surface area contributed by atoms with Crippen molar-refractivity contribution in [1.29, 1.82) is 0 Å². The Bertz CT molecular complexity index is 1500. The van der Waals surface area contributed by atoms with Crippen molar-refractivity contribution in [2.75, 3.05) is 11.6 Å². The highest BCUT2D eigenvalue weighted by molar-refractivity contribution is 5.74. The minimum atomic E-state index is -0.259. The summed E-state index contributed by atoms with van der Waals surface area (Å²) >= 11 is 0. The molecule has 2 atom stereocenters. The van der Waals surface area contributed by atoms with Gasteiger partial charge in [-0.2, -0.15) is 9.67 Å². The van der Waals surface area contributed by atoms with Crippen molar-refractivity contribution in [1.82, 2.24) is 0 Å². The van der Waals surface area contributed by atoms with Crippen LogP contribution in [0.4, 0.5) is 5.69 Å². The molecule has 0 N–H and O–H groups in total. The van der Waals surface area contributed by atoms with E-state index in [-0.39, 0.29) is 11.5 Å². The number of hydrogen-bond donors (Lipinski definition) is 0. The summed E-state index contributed by atoms with van der Waals surface area (Å²) in [6.45, 7) is 4.73. The summed E-state index contributed by atoms with van der Waals surface area (Å²) in [5.74, 6) is 0.274. The van der Waals surface area contributed by atoms with Crippen LogP contribution in [-0.4, -0.2) is 13.3 Å².